The first-order chi connectivity index (χ1) is 12.2. The molecule has 1 aromatic heterocycles. The molecule has 0 bridgehead atoms. The largest absolute Gasteiger partial charge is 0.376 e. The zero-order valence-corrected chi connectivity index (χ0v) is 14.8. The van der Waals surface area contributed by atoms with Crippen molar-refractivity contribution in [2.75, 3.05) is 25.0 Å². The van der Waals surface area contributed by atoms with Gasteiger partial charge in [0.1, 0.15) is 12.7 Å². The number of aryl methyl sites for hydroxylation is 1. The number of benzene rings is 1. The minimum atomic E-state index is -0.0752. The Kier molecular flexibility index (Phi) is 5.65. The van der Waals surface area contributed by atoms with Crippen LogP contribution in [-0.2, 0) is 4.74 Å². The van der Waals surface area contributed by atoms with E-state index in [1.807, 2.05) is 34.6 Å². The number of amides is 2. The Morgan fingerprint density at radius 3 is 2.92 bits per heavy atom. The standard InChI is InChI=1S/C18H25N5O2/c1-3-9-25-16-5-4-8-22(11-16)18(24)21-17-10-15(7-6-14(17)2)23-12-19-20-13-23/h6-7,10,12-13,16H,3-5,8-9,11H2,1-2H3,(H,21,24)/t16-/m1/s1. The van der Waals surface area contributed by atoms with Gasteiger partial charge in [-0.3, -0.25) is 4.57 Å². The molecule has 7 nitrogen and oxygen atoms in total. The summed E-state index contributed by atoms with van der Waals surface area (Å²) in [5, 5.41) is 10.7. The van der Waals surface area contributed by atoms with Crippen molar-refractivity contribution in [1.29, 1.82) is 0 Å². The molecule has 1 atom stereocenters. The molecule has 1 N–H and O–H groups in total. The number of carbonyl (C=O) groups excluding carboxylic acids is 1. The Morgan fingerprint density at radius 1 is 1.36 bits per heavy atom. The van der Waals surface area contributed by atoms with Crippen molar-refractivity contribution < 1.29 is 9.53 Å². The lowest BCUT2D eigenvalue weighted by atomic mass is 10.1. The molecule has 1 saturated heterocycles. The summed E-state index contributed by atoms with van der Waals surface area (Å²) in [6.45, 7) is 6.24. The van der Waals surface area contributed by atoms with Gasteiger partial charge < -0.3 is 15.0 Å². The highest BCUT2D eigenvalue weighted by Gasteiger charge is 2.24. The summed E-state index contributed by atoms with van der Waals surface area (Å²) in [5.74, 6) is 0. The lowest BCUT2D eigenvalue weighted by Gasteiger charge is -2.32. The number of carbonyl (C=O) groups is 1. The first kappa shape index (κ1) is 17.4. The maximum atomic E-state index is 12.7. The Labute approximate surface area is 148 Å². The zero-order valence-electron chi connectivity index (χ0n) is 14.8. The van der Waals surface area contributed by atoms with Gasteiger partial charge in [-0.05, 0) is 43.9 Å². The molecule has 134 valence electrons. The van der Waals surface area contributed by atoms with Crippen LogP contribution in [0.3, 0.4) is 0 Å². The van der Waals surface area contributed by atoms with Crippen molar-refractivity contribution >= 4 is 11.7 Å². The molecule has 3 rings (SSSR count). The van der Waals surface area contributed by atoms with Crippen LogP contribution in [0, 0.1) is 6.92 Å². The molecule has 25 heavy (non-hydrogen) atoms. The molecule has 2 amide bonds. The second-order valence-corrected chi connectivity index (χ2v) is 6.38. The van der Waals surface area contributed by atoms with Crippen molar-refractivity contribution in [3.05, 3.63) is 36.4 Å². The van der Waals surface area contributed by atoms with Crippen molar-refractivity contribution in [2.24, 2.45) is 0 Å². The number of likely N-dealkylation sites (tertiary alicyclic amines) is 1. The molecule has 0 spiro atoms. The van der Waals surface area contributed by atoms with E-state index < -0.39 is 0 Å². The van der Waals surface area contributed by atoms with E-state index in [-0.39, 0.29) is 12.1 Å². The van der Waals surface area contributed by atoms with E-state index in [1.54, 1.807) is 12.7 Å². The van der Waals surface area contributed by atoms with Gasteiger partial charge in [0, 0.05) is 25.4 Å². The number of nitrogens with one attached hydrogen (secondary N) is 1. The van der Waals surface area contributed by atoms with Crippen LogP contribution in [0.2, 0.25) is 0 Å². The number of urea groups is 1. The van der Waals surface area contributed by atoms with Crippen molar-refractivity contribution in [2.45, 2.75) is 39.2 Å². The first-order valence-corrected chi connectivity index (χ1v) is 8.80. The van der Waals surface area contributed by atoms with Crippen LogP contribution >= 0.6 is 0 Å². The summed E-state index contributed by atoms with van der Waals surface area (Å²) in [7, 11) is 0. The van der Waals surface area contributed by atoms with E-state index in [0.717, 1.165) is 49.4 Å². The molecule has 1 fully saturated rings. The Morgan fingerprint density at radius 2 is 2.16 bits per heavy atom. The highest BCUT2D eigenvalue weighted by atomic mass is 16.5. The van der Waals surface area contributed by atoms with Crippen molar-refractivity contribution in [3.63, 3.8) is 0 Å². The number of hydrogen-bond donors (Lipinski definition) is 1. The number of nitrogens with zero attached hydrogens (tertiary/aromatic N) is 4. The summed E-state index contributed by atoms with van der Waals surface area (Å²) in [4.78, 5) is 14.5. The molecule has 1 aromatic carbocycles. The van der Waals surface area contributed by atoms with Gasteiger partial charge in [-0.1, -0.05) is 13.0 Å². The highest BCUT2D eigenvalue weighted by Crippen LogP contribution is 2.21. The molecule has 7 heteroatoms. The maximum Gasteiger partial charge on any atom is 0.321 e. The van der Waals surface area contributed by atoms with Gasteiger partial charge in [-0.2, -0.15) is 0 Å². The fourth-order valence-electron chi connectivity index (χ4n) is 2.98. The Hall–Kier alpha value is -2.41. The quantitative estimate of drug-likeness (QED) is 0.906. The van der Waals surface area contributed by atoms with Gasteiger partial charge in [0.15, 0.2) is 0 Å². The zero-order chi connectivity index (χ0) is 17.6. The van der Waals surface area contributed by atoms with E-state index in [9.17, 15) is 4.79 Å². The Balaban J connectivity index is 1.67. The molecular weight excluding hydrogens is 318 g/mol. The number of rotatable bonds is 5. The third-order valence-corrected chi connectivity index (χ3v) is 4.40. The second kappa shape index (κ2) is 8.11. The second-order valence-electron chi connectivity index (χ2n) is 6.38. The Bertz CT molecular complexity index is 701. The van der Waals surface area contributed by atoms with Crippen molar-refractivity contribution in [1.82, 2.24) is 19.7 Å². The van der Waals surface area contributed by atoms with E-state index in [0.29, 0.717) is 6.54 Å². The molecule has 2 heterocycles. The van der Waals surface area contributed by atoms with Crippen LogP contribution in [0.5, 0.6) is 0 Å². The average Bonchev–Trinajstić information content (AvgIpc) is 3.16. The SMILES string of the molecule is CCCO[C@@H]1CCCN(C(=O)Nc2cc(-n3cnnc3)ccc2C)C1. The minimum absolute atomic E-state index is 0.0752. The summed E-state index contributed by atoms with van der Waals surface area (Å²) in [6, 6.07) is 5.82. The van der Waals surface area contributed by atoms with E-state index in [4.69, 9.17) is 4.74 Å². The molecule has 1 aliphatic rings. The summed E-state index contributed by atoms with van der Waals surface area (Å²) >= 11 is 0. The molecule has 0 unspecified atom stereocenters. The van der Waals surface area contributed by atoms with Crippen molar-refractivity contribution in [3.8, 4) is 5.69 Å². The fraction of sp³-hybridized carbons (Fsp3) is 0.500. The summed E-state index contributed by atoms with van der Waals surface area (Å²) in [6.07, 6.45) is 6.40. The molecular formula is C18H25N5O2. The lowest BCUT2D eigenvalue weighted by molar-refractivity contribution is 0.0115. The predicted molar refractivity (Wildman–Crippen MR) is 96.0 cm³/mol. The highest BCUT2D eigenvalue weighted by molar-refractivity contribution is 5.90. The normalized spacial score (nSPS) is 17.5. The molecule has 0 aliphatic carbocycles. The monoisotopic (exact) mass is 343 g/mol. The third kappa shape index (κ3) is 4.36. The van der Waals surface area contributed by atoms with Gasteiger partial charge in [-0.15, -0.1) is 10.2 Å². The maximum absolute atomic E-state index is 12.7. The number of anilines is 1. The summed E-state index contributed by atoms with van der Waals surface area (Å²) < 4.78 is 7.63. The van der Waals surface area contributed by atoms with Gasteiger partial charge in [0.25, 0.3) is 0 Å². The molecule has 2 aromatic rings. The van der Waals surface area contributed by atoms with Crippen LogP contribution < -0.4 is 5.32 Å². The number of aromatic nitrogens is 3. The number of hydrogen-bond acceptors (Lipinski definition) is 4. The lowest BCUT2D eigenvalue weighted by Crippen LogP contribution is -2.45. The van der Waals surface area contributed by atoms with Crippen LogP contribution in [0.1, 0.15) is 31.7 Å². The molecule has 0 saturated carbocycles. The van der Waals surface area contributed by atoms with Crippen LogP contribution in [0.15, 0.2) is 30.9 Å². The van der Waals surface area contributed by atoms with Gasteiger partial charge >= 0.3 is 6.03 Å². The molecule has 0 radical (unpaired) electrons. The van der Waals surface area contributed by atoms with E-state index >= 15 is 0 Å². The van der Waals surface area contributed by atoms with Gasteiger partial charge in [-0.25, -0.2) is 4.79 Å². The number of ether oxygens (including phenoxy) is 1. The van der Waals surface area contributed by atoms with Gasteiger partial charge in [0.2, 0.25) is 0 Å². The molecule has 1 aliphatic heterocycles. The van der Waals surface area contributed by atoms with E-state index in [2.05, 4.69) is 22.4 Å². The topological polar surface area (TPSA) is 72.3 Å². The first-order valence-electron chi connectivity index (χ1n) is 8.80. The number of piperidine rings is 1. The summed E-state index contributed by atoms with van der Waals surface area (Å²) in [5.41, 5.74) is 2.72. The third-order valence-electron chi connectivity index (χ3n) is 4.40. The predicted octanol–water partition coefficient (Wildman–Crippen LogP) is 3.00. The van der Waals surface area contributed by atoms with Crippen LogP contribution in [0.4, 0.5) is 10.5 Å². The van der Waals surface area contributed by atoms with Gasteiger partial charge in [0.05, 0.1) is 11.8 Å². The fourth-order valence-corrected chi connectivity index (χ4v) is 2.98. The van der Waals surface area contributed by atoms with E-state index in [1.165, 1.54) is 0 Å². The smallest absolute Gasteiger partial charge is 0.321 e. The minimum Gasteiger partial charge on any atom is -0.376 e. The van der Waals surface area contributed by atoms with Crippen LogP contribution in [0.25, 0.3) is 5.69 Å². The van der Waals surface area contributed by atoms with Crippen LogP contribution in [-0.4, -0.2) is 51.5 Å². The average molecular weight is 343 g/mol.